The third-order valence-corrected chi connectivity index (χ3v) is 3.11. The molecule has 0 aliphatic carbocycles. The van der Waals surface area contributed by atoms with Gasteiger partial charge in [0.1, 0.15) is 0 Å². The summed E-state index contributed by atoms with van der Waals surface area (Å²) in [5, 5.41) is 3.54. The molecule has 108 valence electrons. The third-order valence-electron chi connectivity index (χ3n) is 3.11. The second-order valence-corrected chi connectivity index (χ2v) is 6.39. The summed E-state index contributed by atoms with van der Waals surface area (Å²) in [7, 11) is 0. The van der Waals surface area contributed by atoms with Crippen molar-refractivity contribution in [2.75, 3.05) is 0 Å². The van der Waals surface area contributed by atoms with E-state index in [-0.39, 0.29) is 17.0 Å². The maximum Gasteiger partial charge on any atom is 0.269 e. The molecule has 5 heteroatoms. The van der Waals surface area contributed by atoms with Crippen molar-refractivity contribution in [3.05, 3.63) is 41.9 Å². The second kappa shape index (κ2) is 5.25. The average molecular weight is 274 g/mol. The molecule has 0 spiro atoms. The number of nitrogens with one attached hydrogen (secondary N) is 3. The zero-order chi connectivity index (χ0) is 14.8. The second-order valence-electron chi connectivity index (χ2n) is 6.39. The van der Waals surface area contributed by atoms with Crippen LogP contribution in [0.5, 0.6) is 0 Å². The van der Waals surface area contributed by atoms with Gasteiger partial charge in [-0.25, -0.2) is 0 Å². The van der Waals surface area contributed by atoms with Gasteiger partial charge in [0.25, 0.3) is 5.91 Å². The molecular weight excluding hydrogens is 252 g/mol. The lowest BCUT2D eigenvalue weighted by atomic mass is 9.86. The molecular formula is C15H22N4O. The van der Waals surface area contributed by atoms with Gasteiger partial charge in [-0.2, -0.15) is 0 Å². The van der Waals surface area contributed by atoms with Crippen molar-refractivity contribution in [3.8, 4) is 0 Å². The molecule has 1 amide bonds. The van der Waals surface area contributed by atoms with Gasteiger partial charge in [0.15, 0.2) is 0 Å². The van der Waals surface area contributed by atoms with Crippen LogP contribution in [0.2, 0.25) is 0 Å². The highest BCUT2D eigenvalue weighted by molar-refractivity contribution is 5.93. The molecule has 1 aromatic heterocycles. The Morgan fingerprint density at radius 3 is 2.50 bits per heavy atom. The number of amides is 1. The molecule has 1 aromatic rings. The molecule has 2 rings (SSSR count). The first-order valence-corrected chi connectivity index (χ1v) is 6.75. The number of hydrogen-bond acceptors (Lipinski definition) is 4. The number of carbonyl (C=O) groups excluding carboxylic acids is 1. The molecule has 0 radical (unpaired) electrons. The lowest BCUT2D eigenvalue weighted by Gasteiger charge is -2.41. The highest BCUT2D eigenvalue weighted by Gasteiger charge is 2.32. The fraction of sp³-hybridized carbons (Fsp3) is 0.467. The minimum atomic E-state index is -0.164. The number of nitrogens with zero attached hydrogens (tertiary/aromatic N) is 1. The van der Waals surface area contributed by atoms with E-state index < -0.39 is 0 Å². The van der Waals surface area contributed by atoms with Gasteiger partial charge >= 0.3 is 0 Å². The Kier molecular flexibility index (Phi) is 3.81. The van der Waals surface area contributed by atoms with Crippen molar-refractivity contribution in [1.82, 2.24) is 21.2 Å². The van der Waals surface area contributed by atoms with Crippen LogP contribution >= 0.6 is 0 Å². The third kappa shape index (κ3) is 3.81. The van der Waals surface area contributed by atoms with Crippen LogP contribution in [0.1, 0.15) is 44.5 Å². The van der Waals surface area contributed by atoms with Gasteiger partial charge in [-0.1, -0.05) is 0 Å². The van der Waals surface area contributed by atoms with Crippen molar-refractivity contribution in [2.45, 2.75) is 45.2 Å². The van der Waals surface area contributed by atoms with Crippen LogP contribution in [-0.4, -0.2) is 22.0 Å². The van der Waals surface area contributed by atoms with Crippen LogP contribution in [0, 0.1) is 0 Å². The Hall–Kier alpha value is -1.88. The van der Waals surface area contributed by atoms with Gasteiger partial charge < -0.3 is 10.7 Å². The monoisotopic (exact) mass is 274 g/mol. The van der Waals surface area contributed by atoms with Gasteiger partial charge in [-0.05, 0) is 45.9 Å². The van der Waals surface area contributed by atoms with Crippen LogP contribution in [0.15, 0.2) is 36.3 Å². The van der Waals surface area contributed by atoms with Gasteiger partial charge in [-0.15, -0.1) is 0 Å². The van der Waals surface area contributed by atoms with E-state index in [0.29, 0.717) is 5.56 Å². The normalized spacial score (nSPS) is 19.9. The van der Waals surface area contributed by atoms with Gasteiger partial charge in [-0.3, -0.25) is 15.2 Å². The van der Waals surface area contributed by atoms with E-state index >= 15 is 0 Å². The van der Waals surface area contributed by atoms with Crippen molar-refractivity contribution in [3.63, 3.8) is 0 Å². The molecule has 0 aromatic carbocycles. The predicted octanol–water partition coefficient (Wildman–Crippen LogP) is 1.75. The summed E-state index contributed by atoms with van der Waals surface area (Å²) < 4.78 is 0. The molecule has 2 heterocycles. The van der Waals surface area contributed by atoms with Crippen molar-refractivity contribution >= 4 is 5.91 Å². The summed E-state index contributed by atoms with van der Waals surface area (Å²) in [6.45, 7) is 8.52. The van der Waals surface area contributed by atoms with Gasteiger partial charge in [0.05, 0.1) is 0 Å². The maximum absolute atomic E-state index is 12.0. The molecule has 20 heavy (non-hydrogen) atoms. The minimum absolute atomic E-state index is 0.0119. The van der Waals surface area contributed by atoms with Crippen LogP contribution in [0.25, 0.3) is 0 Å². The first kappa shape index (κ1) is 14.5. The Balaban J connectivity index is 2.00. The van der Waals surface area contributed by atoms with E-state index in [1.165, 1.54) is 0 Å². The number of hydrazine groups is 1. The van der Waals surface area contributed by atoms with Crippen LogP contribution in [0.4, 0.5) is 0 Å². The molecule has 0 atom stereocenters. The van der Waals surface area contributed by atoms with Crippen molar-refractivity contribution < 1.29 is 4.79 Å². The van der Waals surface area contributed by atoms with Crippen LogP contribution < -0.4 is 16.2 Å². The summed E-state index contributed by atoms with van der Waals surface area (Å²) in [6.07, 6.45) is 6.13. The number of rotatable bonds is 3. The summed E-state index contributed by atoms with van der Waals surface area (Å²) >= 11 is 0. The van der Waals surface area contributed by atoms with E-state index in [4.69, 9.17) is 0 Å². The summed E-state index contributed by atoms with van der Waals surface area (Å²) in [5.41, 5.74) is 7.24. The number of carbonyl (C=O) groups is 1. The first-order valence-electron chi connectivity index (χ1n) is 6.75. The van der Waals surface area contributed by atoms with Crippen LogP contribution in [-0.2, 0) is 0 Å². The molecule has 0 fully saturated rings. The zero-order valence-corrected chi connectivity index (χ0v) is 12.4. The van der Waals surface area contributed by atoms with Crippen LogP contribution in [0.3, 0.4) is 0 Å². The van der Waals surface area contributed by atoms with E-state index in [1.54, 1.807) is 24.5 Å². The minimum Gasteiger partial charge on any atom is -0.303 e. The van der Waals surface area contributed by atoms with Crippen molar-refractivity contribution in [1.29, 1.82) is 0 Å². The smallest absolute Gasteiger partial charge is 0.269 e. The largest absolute Gasteiger partial charge is 0.303 e. The lowest BCUT2D eigenvalue weighted by molar-refractivity contribution is 0.0935. The molecule has 3 N–H and O–H groups in total. The first-order chi connectivity index (χ1) is 9.27. The van der Waals surface area contributed by atoms with E-state index in [2.05, 4.69) is 54.9 Å². The Bertz CT molecular complexity index is 520. The van der Waals surface area contributed by atoms with Crippen molar-refractivity contribution in [2.24, 2.45) is 0 Å². The highest BCUT2D eigenvalue weighted by Crippen LogP contribution is 2.25. The molecule has 0 saturated heterocycles. The SMILES string of the molecule is CC1(C)C=C(NNC(=O)c2ccncc2)CC(C)(C)N1. The lowest BCUT2D eigenvalue weighted by Crippen LogP contribution is -2.56. The van der Waals surface area contributed by atoms with E-state index in [1.807, 2.05) is 0 Å². The summed E-state index contributed by atoms with van der Waals surface area (Å²) in [6, 6.07) is 3.36. The maximum atomic E-state index is 12.0. The highest BCUT2D eigenvalue weighted by atomic mass is 16.2. The van der Waals surface area contributed by atoms with E-state index in [9.17, 15) is 4.79 Å². The predicted molar refractivity (Wildman–Crippen MR) is 78.8 cm³/mol. The Morgan fingerprint density at radius 1 is 1.25 bits per heavy atom. The van der Waals surface area contributed by atoms with Gasteiger partial charge in [0, 0.05) is 41.2 Å². The molecule has 1 aliphatic heterocycles. The number of hydrogen-bond donors (Lipinski definition) is 3. The fourth-order valence-corrected chi connectivity index (χ4v) is 2.71. The standard InChI is InChI=1S/C15H22N4O/c1-14(2)9-12(10-15(3,4)19-14)17-18-13(20)11-5-7-16-8-6-11/h5-9,17,19H,10H2,1-4H3,(H,18,20). The summed E-state index contributed by atoms with van der Waals surface area (Å²) in [5.74, 6) is -0.164. The number of aromatic nitrogens is 1. The molecule has 0 unspecified atom stereocenters. The molecule has 0 saturated carbocycles. The average Bonchev–Trinajstić information content (AvgIpc) is 2.33. The molecule has 5 nitrogen and oxygen atoms in total. The Morgan fingerprint density at radius 2 is 1.90 bits per heavy atom. The Labute approximate surface area is 119 Å². The molecule has 0 bridgehead atoms. The quantitative estimate of drug-likeness (QED) is 0.735. The number of pyridine rings is 1. The zero-order valence-electron chi connectivity index (χ0n) is 12.4. The topological polar surface area (TPSA) is 66.0 Å². The molecule has 1 aliphatic rings. The van der Waals surface area contributed by atoms with Gasteiger partial charge in [0.2, 0.25) is 0 Å². The fourth-order valence-electron chi connectivity index (χ4n) is 2.71. The summed E-state index contributed by atoms with van der Waals surface area (Å²) in [4.78, 5) is 15.9. The van der Waals surface area contributed by atoms with E-state index in [0.717, 1.165) is 12.1 Å².